The Morgan fingerprint density at radius 1 is 1.40 bits per heavy atom. The number of hydrogen-bond acceptors (Lipinski definition) is 3. The third-order valence-electron chi connectivity index (χ3n) is 2.54. The predicted octanol–water partition coefficient (Wildman–Crippen LogP) is 2.35. The van der Waals surface area contributed by atoms with Gasteiger partial charge in [0.1, 0.15) is 0 Å². The zero-order valence-electron chi connectivity index (χ0n) is 10.4. The topological polar surface area (TPSA) is 66.4 Å². The summed E-state index contributed by atoms with van der Waals surface area (Å²) in [4.78, 5) is -0.0588. The number of sulfonamides is 1. The molecule has 0 heterocycles. The van der Waals surface area contributed by atoms with E-state index in [2.05, 4.69) is 15.9 Å². The van der Waals surface area contributed by atoms with Crippen molar-refractivity contribution in [1.82, 2.24) is 4.72 Å². The van der Waals surface area contributed by atoms with Crippen molar-refractivity contribution in [2.45, 2.75) is 30.5 Å². The van der Waals surface area contributed by atoms with Crippen LogP contribution in [0.25, 0.3) is 0 Å². The van der Waals surface area contributed by atoms with Crippen molar-refractivity contribution in [1.29, 1.82) is 0 Å². The summed E-state index contributed by atoms with van der Waals surface area (Å²) >= 11 is 3.18. The summed E-state index contributed by atoms with van der Waals surface area (Å²) in [5.41, 5.74) is 0.830. The number of nitrogens with one attached hydrogen (secondary N) is 1. The van der Waals surface area contributed by atoms with Gasteiger partial charge in [-0.15, -0.1) is 0 Å². The lowest BCUT2D eigenvalue weighted by atomic mass is 10.2. The fourth-order valence-corrected chi connectivity index (χ4v) is 2.92. The molecule has 4 nitrogen and oxygen atoms in total. The van der Waals surface area contributed by atoms with Crippen LogP contribution in [0.2, 0.25) is 0 Å². The summed E-state index contributed by atoms with van der Waals surface area (Å²) in [6, 6.07) is 4.28. The molecule has 0 fully saturated rings. The van der Waals surface area contributed by atoms with E-state index in [0.717, 1.165) is 5.56 Å². The third kappa shape index (κ3) is 4.72. The zero-order valence-corrected chi connectivity index (χ0v) is 12.8. The molecule has 0 spiro atoms. The summed E-state index contributed by atoms with van der Waals surface area (Å²) in [6.45, 7) is 1.27. The molecule has 2 N–H and O–H groups in total. The minimum Gasteiger partial charge on any atom is -0.384 e. The van der Waals surface area contributed by atoms with Gasteiger partial charge in [-0.25, -0.2) is 13.1 Å². The molecule has 0 aliphatic rings. The van der Waals surface area contributed by atoms with Crippen LogP contribution in [-0.4, -0.2) is 32.3 Å². The minimum atomic E-state index is -4.75. The molecule has 1 atom stereocenters. The Morgan fingerprint density at radius 3 is 2.50 bits per heavy atom. The molecular formula is C11H13BrF3NO3S. The maximum atomic E-state index is 12.1. The van der Waals surface area contributed by atoms with Gasteiger partial charge < -0.3 is 5.11 Å². The highest BCUT2D eigenvalue weighted by Crippen LogP contribution is 2.23. The molecule has 0 saturated carbocycles. The molecule has 0 saturated heterocycles. The van der Waals surface area contributed by atoms with Crippen LogP contribution in [0, 0.1) is 6.92 Å². The molecule has 20 heavy (non-hydrogen) atoms. The van der Waals surface area contributed by atoms with E-state index in [1.807, 2.05) is 4.72 Å². The second-order valence-electron chi connectivity index (χ2n) is 4.15. The average molecular weight is 376 g/mol. The maximum absolute atomic E-state index is 12.1. The van der Waals surface area contributed by atoms with E-state index in [9.17, 15) is 21.6 Å². The number of aryl methyl sites for hydroxylation is 1. The van der Waals surface area contributed by atoms with Crippen molar-refractivity contribution < 1.29 is 26.7 Å². The molecule has 0 radical (unpaired) electrons. The number of alkyl halides is 3. The quantitative estimate of drug-likeness (QED) is 0.829. The van der Waals surface area contributed by atoms with Crippen LogP contribution >= 0.6 is 15.9 Å². The van der Waals surface area contributed by atoms with E-state index in [0.29, 0.717) is 4.47 Å². The highest BCUT2D eigenvalue weighted by molar-refractivity contribution is 9.10. The first-order valence-corrected chi connectivity index (χ1v) is 7.82. The predicted molar refractivity (Wildman–Crippen MR) is 70.7 cm³/mol. The van der Waals surface area contributed by atoms with Crippen molar-refractivity contribution in [3.63, 3.8) is 0 Å². The Balaban J connectivity index is 2.69. The Kier molecular flexibility index (Phi) is 5.59. The molecule has 1 unspecified atom stereocenters. The van der Waals surface area contributed by atoms with Gasteiger partial charge in [-0.3, -0.25) is 0 Å². The normalized spacial score (nSPS) is 14.3. The van der Waals surface area contributed by atoms with Gasteiger partial charge in [0.15, 0.2) is 6.10 Å². The molecule has 0 aromatic heterocycles. The molecule has 0 aliphatic heterocycles. The SMILES string of the molecule is Cc1ccc(S(=O)(=O)NCCC(O)C(F)(F)F)cc1Br. The molecule has 1 rings (SSSR count). The first-order chi connectivity index (χ1) is 9.04. The van der Waals surface area contributed by atoms with E-state index >= 15 is 0 Å². The van der Waals surface area contributed by atoms with Gasteiger partial charge >= 0.3 is 6.18 Å². The largest absolute Gasteiger partial charge is 0.414 e. The van der Waals surface area contributed by atoms with Crippen LogP contribution in [0.3, 0.4) is 0 Å². The lowest BCUT2D eigenvalue weighted by Crippen LogP contribution is -2.34. The summed E-state index contributed by atoms with van der Waals surface area (Å²) in [5.74, 6) is 0. The zero-order chi connectivity index (χ0) is 15.6. The Labute approximate surface area is 123 Å². The Morgan fingerprint density at radius 2 is 2.00 bits per heavy atom. The first-order valence-electron chi connectivity index (χ1n) is 5.54. The van der Waals surface area contributed by atoms with Gasteiger partial charge in [-0.1, -0.05) is 22.0 Å². The van der Waals surface area contributed by atoms with Gasteiger partial charge in [0.05, 0.1) is 4.90 Å². The lowest BCUT2D eigenvalue weighted by Gasteiger charge is -2.14. The number of benzene rings is 1. The van der Waals surface area contributed by atoms with Crippen LogP contribution in [0.15, 0.2) is 27.6 Å². The highest BCUT2D eigenvalue weighted by Gasteiger charge is 2.37. The summed E-state index contributed by atoms with van der Waals surface area (Å²) in [6.07, 6.45) is -8.04. The van der Waals surface area contributed by atoms with E-state index in [1.54, 1.807) is 13.0 Å². The summed E-state index contributed by atoms with van der Waals surface area (Å²) in [5, 5.41) is 8.77. The highest BCUT2D eigenvalue weighted by atomic mass is 79.9. The van der Waals surface area contributed by atoms with E-state index in [-0.39, 0.29) is 4.90 Å². The summed E-state index contributed by atoms with van der Waals surface area (Å²) < 4.78 is 62.4. The monoisotopic (exact) mass is 375 g/mol. The minimum absolute atomic E-state index is 0.0588. The van der Waals surface area contributed by atoms with E-state index in [4.69, 9.17) is 5.11 Å². The van der Waals surface area contributed by atoms with Gasteiger partial charge in [0.25, 0.3) is 0 Å². The Bertz CT molecular complexity index is 575. The molecule has 0 bridgehead atoms. The van der Waals surface area contributed by atoms with Gasteiger partial charge in [0.2, 0.25) is 10.0 Å². The number of halogens is 4. The van der Waals surface area contributed by atoms with Crippen LogP contribution in [0.4, 0.5) is 13.2 Å². The number of rotatable bonds is 5. The second kappa shape index (κ2) is 6.42. The molecule has 9 heteroatoms. The van der Waals surface area contributed by atoms with Crippen molar-refractivity contribution in [3.8, 4) is 0 Å². The standard InChI is InChI=1S/C11H13BrF3NO3S/c1-7-2-3-8(6-9(7)12)20(18,19)16-5-4-10(17)11(13,14)15/h2-3,6,10,16-17H,4-5H2,1H3. The molecular weight excluding hydrogens is 363 g/mol. The maximum Gasteiger partial charge on any atom is 0.414 e. The Hall–Kier alpha value is -0.640. The number of aliphatic hydroxyl groups is 1. The van der Waals surface area contributed by atoms with Crippen molar-refractivity contribution in [2.24, 2.45) is 0 Å². The van der Waals surface area contributed by atoms with Crippen molar-refractivity contribution >= 4 is 26.0 Å². The van der Waals surface area contributed by atoms with Gasteiger partial charge in [0, 0.05) is 11.0 Å². The second-order valence-corrected chi connectivity index (χ2v) is 6.78. The fraction of sp³-hybridized carbons (Fsp3) is 0.455. The van der Waals surface area contributed by atoms with E-state index < -0.39 is 35.3 Å². The van der Waals surface area contributed by atoms with Crippen LogP contribution in [0.1, 0.15) is 12.0 Å². The van der Waals surface area contributed by atoms with Crippen molar-refractivity contribution in [2.75, 3.05) is 6.54 Å². The molecule has 1 aromatic rings. The summed E-state index contributed by atoms with van der Waals surface area (Å²) in [7, 11) is -3.90. The third-order valence-corrected chi connectivity index (χ3v) is 4.85. The molecule has 0 amide bonds. The van der Waals surface area contributed by atoms with Gasteiger partial charge in [-0.05, 0) is 31.0 Å². The van der Waals surface area contributed by atoms with Gasteiger partial charge in [-0.2, -0.15) is 13.2 Å². The van der Waals surface area contributed by atoms with Crippen molar-refractivity contribution in [3.05, 3.63) is 28.2 Å². The fourth-order valence-electron chi connectivity index (χ4n) is 1.32. The van der Waals surface area contributed by atoms with E-state index in [1.165, 1.54) is 12.1 Å². The first kappa shape index (κ1) is 17.4. The average Bonchev–Trinajstić information content (AvgIpc) is 2.31. The number of aliphatic hydroxyl groups excluding tert-OH is 1. The van der Waals surface area contributed by atoms with Crippen LogP contribution in [0.5, 0.6) is 0 Å². The van der Waals surface area contributed by atoms with Crippen LogP contribution in [-0.2, 0) is 10.0 Å². The lowest BCUT2D eigenvalue weighted by molar-refractivity contribution is -0.204. The molecule has 1 aromatic carbocycles. The molecule has 114 valence electrons. The number of hydrogen-bond donors (Lipinski definition) is 2. The molecule has 0 aliphatic carbocycles. The van der Waals surface area contributed by atoms with Crippen LogP contribution < -0.4 is 4.72 Å². The smallest absolute Gasteiger partial charge is 0.384 e.